The van der Waals surface area contributed by atoms with Crippen LogP contribution in [0.5, 0.6) is 0 Å². The first kappa shape index (κ1) is 35.1. The molecular formula is C33H56N6O6. The standard InChI is InChI=1S/C33H56N6O6/c1-31(2,3)24(28(43)38-14-10-9-11-15-38)36-30(45)37-25(32(4,5)6)29(44)39-17-19-21(33(19,7)8)22(39)27(42)35-20(16-18-12-13-18)23(40)26(34)41/h18-22,24-25,27,35,42H,9-17H2,1-8H3,(H2,34,41)(H2,36,37,45)/t19-,20?,21-,22-,24+,25+,27?/m0/s1. The number of aliphatic hydroxyl groups is 1. The van der Waals surface area contributed by atoms with Crippen LogP contribution in [0, 0.1) is 34.0 Å². The Morgan fingerprint density at radius 2 is 1.42 bits per heavy atom. The number of hydrogen-bond donors (Lipinski definition) is 5. The van der Waals surface area contributed by atoms with Gasteiger partial charge in [-0.1, -0.05) is 68.2 Å². The number of amides is 5. The van der Waals surface area contributed by atoms with Gasteiger partial charge in [0.25, 0.3) is 5.91 Å². The molecule has 2 heterocycles. The Balaban J connectivity index is 1.52. The number of Topliss-reactive ketones (excluding diaryl/α,β-unsaturated/α-hetero) is 1. The quantitative estimate of drug-likeness (QED) is 0.170. The largest absolute Gasteiger partial charge is 0.376 e. The fourth-order valence-corrected chi connectivity index (χ4v) is 7.42. The van der Waals surface area contributed by atoms with Crippen LogP contribution in [0.25, 0.3) is 0 Å². The molecule has 2 aliphatic heterocycles. The number of primary amides is 1. The van der Waals surface area contributed by atoms with E-state index < -0.39 is 58.9 Å². The maximum atomic E-state index is 14.3. The molecule has 7 atom stereocenters. The van der Waals surface area contributed by atoms with Crippen LogP contribution < -0.4 is 21.7 Å². The van der Waals surface area contributed by atoms with E-state index in [0.717, 1.165) is 32.1 Å². The third kappa shape index (κ3) is 7.81. The first-order valence-electron chi connectivity index (χ1n) is 16.7. The van der Waals surface area contributed by atoms with Crippen molar-refractivity contribution in [2.24, 2.45) is 39.7 Å². The molecule has 2 unspecified atom stereocenters. The molecule has 12 nitrogen and oxygen atoms in total. The van der Waals surface area contributed by atoms with Gasteiger partial charge in [-0.15, -0.1) is 0 Å². The van der Waals surface area contributed by atoms with Crippen molar-refractivity contribution in [3.05, 3.63) is 0 Å². The highest BCUT2D eigenvalue weighted by atomic mass is 16.3. The highest BCUT2D eigenvalue weighted by molar-refractivity contribution is 6.37. The van der Waals surface area contributed by atoms with Crippen LogP contribution in [0.15, 0.2) is 0 Å². The molecule has 0 aromatic heterocycles. The van der Waals surface area contributed by atoms with Crippen LogP contribution in [0.2, 0.25) is 0 Å². The minimum absolute atomic E-state index is 0.0314. The smallest absolute Gasteiger partial charge is 0.316 e. The van der Waals surface area contributed by atoms with Crippen molar-refractivity contribution in [3.63, 3.8) is 0 Å². The predicted octanol–water partition coefficient (Wildman–Crippen LogP) is 1.74. The molecule has 2 aliphatic carbocycles. The first-order valence-corrected chi connectivity index (χ1v) is 16.7. The summed E-state index contributed by atoms with van der Waals surface area (Å²) in [5.41, 5.74) is 3.94. The Morgan fingerprint density at radius 1 is 0.889 bits per heavy atom. The summed E-state index contributed by atoms with van der Waals surface area (Å²) in [6.07, 6.45) is 3.97. The van der Waals surface area contributed by atoms with E-state index in [0.29, 0.717) is 26.1 Å². The number of rotatable bonds is 11. The van der Waals surface area contributed by atoms with E-state index in [1.165, 1.54) is 0 Å². The molecule has 4 fully saturated rings. The van der Waals surface area contributed by atoms with Crippen molar-refractivity contribution in [2.75, 3.05) is 19.6 Å². The predicted molar refractivity (Wildman–Crippen MR) is 169 cm³/mol. The van der Waals surface area contributed by atoms with Crippen molar-refractivity contribution in [1.82, 2.24) is 25.8 Å². The molecular weight excluding hydrogens is 576 g/mol. The second kappa shape index (κ2) is 12.8. The molecule has 12 heteroatoms. The van der Waals surface area contributed by atoms with E-state index in [4.69, 9.17) is 5.73 Å². The molecule has 2 saturated carbocycles. The molecule has 6 N–H and O–H groups in total. The highest BCUT2D eigenvalue weighted by Gasteiger charge is 2.69. The summed E-state index contributed by atoms with van der Waals surface area (Å²) in [6, 6.07) is -3.95. The summed E-state index contributed by atoms with van der Waals surface area (Å²) in [4.78, 5) is 69.2. The van der Waals surface area contributed by atoms with Crippen LogP contribution in [0.1, 0.15) is 93.9 Å². The average molecular weight is 633 g/mol. The molecule has 254 valence electrons. The molecule has 4 aliphatic rings. The van der Waals surface area contributed by atoms with Crippen LogP contribution in [0.4, 0.5) is 4.79 Å². The molecule has 0 spiro atoms. The van der Waals surface area contributed by atoms with E-state index in [1.54, 1.807) is 4.90 Å². The molecule has 0 aromatic rings. The molecule has 0 bridgehead atoms. The number of carbonyl (C=O) groups is 5. The minimum atomic E-state index is -1.28. The third-order valence-corrected chi connectivity index (χ3v) is 10.5. The fraction of sp³-hybridized carbons (Fsp3) is 0.848. The number of piperidine rings is 2. The number of aliphatic hydroxyl groups excluding tert-OH is 1. The van der Waals surface area contributed by atoms with Gasteiger partial charge in [0.1, 0.15) is 18.3 Å². The summed E-state index contributed by atoms with van der Waals surface area (Å²) in [5, 5.41) is 20.3. The van der Waals surface area contributed by atoms with Crippen LogP contribution in [-0.4, -0.2) is 94.5 Å². The van der Waals surface area contributed by atoms with E-state index in [1.807, 2.05) is 46.4 Å². The topological polar surface area (TPSA) is 174 Å². The van der Waals surface area contributed by atoms with Gasteiger partial charge in [-0.25, -0.2) is 4.79 Å². The van der Waals surface area contributed by atoms with Gasteiger partial charge < -0.3 is 31.3 Å². The number of ketones is 1. The lowest BCUT2D eigenvalue weighted by atomic mass is 9.84. The summed E-state index contributed by atoms with van der Waals surface area (Å²) in [5.74, 6) is -1.91. The second-order valence-electron chi connectivity index (χ2n) is 16.6. The SMILES string of the molecule is CC(C)(C)[C@H](NC(=O)N[C@H](C(=O)N1C[C@H]2[C@@H]([C@H]1C(O)NC(CC1CC1)C(=O)C(N)=O)C2(C)C)C(C)(C)C)C(=O)N1CCCCC1. The lowest BCUT2D eigenvalue weighted by molar-refractivity contribution is -0.142. The second-order valence-corrected chi connectivity index (χ2v) is 16.6. The Labute approximate surface area is 268 Å². The molecule has 0 radical (unpaired) electrons. The van der Waals surface area contributed by atoms with Gasteiger partial charge in [0.15, 0.2) is 0 Å². The fourth-order valence-electron chi connectivity index (χ4n) is 7.42. The van der Waals surface area contributed by atoms with Gasteiger partial charge in [0.05, 0.1) is 12.1 Å². The normalized spacial score (nSPS) is 27.1. The summed E-state index contributed by atoms with van der Waals surface area (Å²) >= 11 is 0. The van der Waals surface area contributed by atoms with Crippen molar-refractivity contribution >= 4 is 29.5 Å². The number of nitrogens with one attached hydrogen (secondary N) is 3. The third-order valence-electron chi connectivity index (χ3n) is 10.5. The zero-order valence-electron chi connectivity index (χ0n) is 28.4. The molecule has 5 amide bonds. The lowest BCUT2D eigenvalue weighted by Crippen LogP contribution is -2.64. The van der Waals surface area contributed by atoms with Gasteiger partial charge in [-0.3, -0.25) is 24.5 Å². The number of nitrogens with two attached hydrogens (primary N) is 1. The number of nitrogens with zero attached hydrogens (tertiary/aromatic N) is 2. The van der Waals surface area contributed by atoms with Gasteiger partial charge in [-0.05, 0) is 59.7 Å². The summed E-state index contributed by atoms with van der Waals surface area (Å²) < 4.78 is 0. The Kier molecular flexibility index (Phi) is 10.0. The maximum Gasteiger partial charge on any atom is 0.316 e. The number of carbonyl (C=O) groups excluding carboxylic acids is 5. The number of fused-ring (bicyclic) bond motifs is 1. The van der Waals surface area contributed by atoms with Crippen molar-refractivity contribution in [2.45, 2.75) is 124 Å². The number of likely N-dealkylation sites (tertiary alicyclic amines) is 2. The zero-order chi connectivity index (χ0) is 33.6. The van der Waals surface area contributed by atoms with E-state index >= 15 is 0 Å². The lowest BCUT2D eigenvalue weighted by Gasteiger charge is -2.41. The van der Waals surface area contributed by atoms with Crippen LogP contribution in [0.3, 0.4) is 0 Å². The number of hydrogen-bond acceptors (Lipinski definition) is 7. The molecule has 0 aromatic carbocycles. The van der Waals surface area contributed by atoms with E-state index in [9.17, 15) is 29.1 Å². The zero-order valence-corrected chi connectivity index (χ0v) is 28.4. The van der Waals surface area contributed by atoms with Gasteiger partial charge in [0.2, 0.25) is 17.6 Å². The van der Waals surface area contributed by atoms with Gasteiger partial charge in [0, 0.05) is 19.6 Å². The Bertz CT molecular complexity index is 1170. The molecule has 4 rings (SSSR count). The summed E-state index contributed by atoms with van der Waals surface area (Å²) in [7, 11) is 0. The minimum Gasteiger partial charge on any atom is -0.376 e. The Morgan fingerprint density at radius 3 is 1.91 bits per heavy atom. The molecule has 2 saturated heterocycles. The van der Waals surface area contributed by atoms with Crippen LogP contribution in [-0.2, 0) is 19.2 Å². The van der Waals surface area contributed by atoms with Crippen molar-refractivity contribution in [3.8, 4) is 0 Å². The van der Waals surface area contributed by atoms with Gasteiger partial charge in [-0.2, -0.15) is 0 Å². The van der Waals surface area contributed by atoms with E-state index in [-0.39, 0.29) is 35.0 Å². The van der Waals surface area contributed by atoms with Crippen LogP contribution >= 0.6 is 0 Å². The van der Waals surface area contributed by atoms with E-state index in [2.05, 4.69) is 29.8 Å². The average Bonchev–Trinajstić information content (AvgIpc) is 3.79. The monoisotopic (exact) mass is 632 g/mol. The van der Waals surface area contributed by atoms with Gasteiger partial charge >= 0.3 is 6.03 Å². The first-order chi connectivity index (χ1) is 20.7. The summed E-state index contributed by atoms with van der Waals surface area (Å²) in [6.45, 7) is 17.2. The Hall–Kier alpha value is -2.73. The van der Waals surface area contributed by atoms with Crippen molar-refractivity contribution in [1.29, 1.82) is 0 Å². The highest BCUT2D eigenvalue weighted by Crippen LogP contribution is 2.65. The number of urea groups is 1. The maximum absolute atomic E-state index is 14.3. The van der Waals surface area contributed by atoms with Crippen molar-refractivity contribution < 1.29 is 29.1 Å². The molecule has 45 heavy (non-hydrogen) atoms.